The van der Waals surface area contributed by atoms with Gasteiger partial charge >= 0.3 is 5.97 Å². The van der Waals surface area contributed by atoms with Crippen LogP contribution in [0.2, 0.25) is 0 Å². The number of nitrogens with zero attached hydrogens (tertiary/aromatic N) is 3. The van der Waals surface area contributed by atoms with Crippen LogP contribution in [0.25, 0.3) is 10.4 Å². The van der Waals surface area contributed by atoms with Crippen LogP contribution < -0.4 is 0 Å². The SMILES string of the molecule is CCC1OC(OCCOCCOCCN=[N+]=[N-])C(OC(C)=O)C(C)C1C. The summed E-state index contributed by atoms with van der Waals surface area (Å²) in [6.45, 7) is 9.87. The van der Waals surface area contributed by atoms with Crippen molar-refractivity contribution in [1.29, 1.82) is 0 Å². The molecule has 1 aliphatic heterocycles. The van der Waals surface area contributed by atoms with E-state index in [0.717, 1.165) is 6.42 Å². The fourth-order valence-electron chi connectivity index (χ4n) is 2.91. The van der Waals surface area contributed by atoms with Crippen LogP contribution in [0.15, 0.2) is 5.11 Å². The minimum atomic E-state index is -0.584. The Morgan fingerprint density at radius 2 is 1.77 bits per heavy atom. The zero-order chi connectivity index (χ0) is 19.4. The molecular weight excluding hydrogens is 342 g/mol. The van der Waals surface area contributed by atoms with Gasteiger partial charge in [0.2, 0.25) is 0 Å². The van der Waals surface area contributed by atoms with Crippen LogP contribution in [0.4, 0.5) is 0 Å². The molecule has 9 nitrogen and oxygen atoms in total. The quantitative estimate of drug-likeness (QED) is 0.171. The highest BCUT2D eigenvalue weighted by Gasteiger charge is 2.43. The van der Waals surface area contributed by atoms with Gasteiger partial charge in [-0.3, -0.25) is 4.79 Å². The van der Waals surface area contributed by atoms with Crippen molar-refractivity contribution in [3.8, 4) is 0 Å². The summed E-state index contributed by atoms with van der Waals surface area (Å²) < 4.78 is 27.9. The van der Waals surface area contributed by atoms with Crippen LogP contribution in [-0.2, 0) is 28.5 Å². The summed E-state index contributed by atoms with van der Waals surface area (Å²) in [6, 6.07) is 0. The summed E-state index contributed by atoms with van der Waals surface area (Å²) in [6.07, 6.45) is -0.0535. The van der Waals surface area contributed by atoms with E-state index in [1.54, 1.807) is 0 Å². The Balaban J connectivity index is 2.30. The molecule has 1 saturated heterocycles. The van der Waals surface area contributed by atoms with E-state index in [4.69, 9.17) is 29.2 Å². The maximum atomic E-state index is 11.4. The molecule has 0 N–H and O–H groups in total. The van der Waals surface area contributed by atoms with Crippen molar-refractivity contribution in [2.45, 2.75) is 52.6 Å². The highest BCUT2D eigenvalue weighted by atomic mass is 16.7. The zero-order valence-electron chi connectivity index (χ0n) is 16.1. The van der Waals surface area contributed by atoms with Crippen LogP contribution in [0.5, 0.6) is 0 Å². The standard InChI is InChI=1S/C17H31N3O6/c1-5-15-12(2)13(3)16(25-14(4)21)17(26-15)24-11-10-23-9-8-22-7-6-19-20-18/h12-13,15-17H,5-11H2,1-4H3. The van der Waals surface area contributed by atoms with E-state index in [1.807, 2.05) is 0 Å². The lowest BCUT2D eigenvalue weighted by Gasteiger charge is -2.43. The largest absolute Gasteiger partial charge is 0.457 e. The molecule has 0 radical (unpaired) electrons. The first kappa shape index (κ1) is 22.7. The molecule has 0 amide bonds. The Morgan fingerprint density at radius 3 is 2.38 bits per heavy atom. The molecule has 0 aromatic rings. The molecule has 1 rings (SSSR count). The maximum absolute atomic E-state index is 11.4. The van der Waals surface area contributed by atoms with E-state index in [1.165, 1.54) is 6.92 Å². The zero-order valence-corrected chi connectivity index (χ0v) is 16.1. The highest BCUT2D eigenvalue weighted by molar-refractivity contribution is 5.66. The first-order valence-corrected chi connectivity index (χ1v) is 9.11. The minimum Gasteiger partial charge on any atom is -0.457 e. The van der Waals surface area contributed by atoms with Gasteiger partial charge < -0.3 is 23.7 Å². The second-order valence-corrected chi connectivity index (χ2v) is 6.29. The number of azide groups is 1. The molecular formula is C17H31N3O6. The van der Waals surface area contributed by atoms with Crippen LogP contribution in [-0.4, -0.2) is 64.0 Å². The molecule has 1 aliphatic rings. The van der Waals surface area contributed by atoms with Gasteiger partial charge in [0.1, 0.15) is 0 Å². The molecule has 26 heavy (non-hydrogen) atoms. The lowest BCUT2D eigenvalue weighted by Crippen LogP contribution is -2.52. The minimum absolute atomic E-state index is 0.0761. The summed E-state index contributed by atoms with van der Waals surface area (Å²) in [4.78, 5) is 14.0. The molecule has 0 aromatic carbocycles. The van der Waals surface area contributed by atoms with Gasteiger partial charge in [-0.1, -0.05) is 25.9 Å². The van der Waals surface area contributed by atoms with E-state index in [-0.39, 0.29) is 23.9 Å². The fraction of sp³-hybridized carbons (Fsp3) is 0.941. The van der Waals surface area contributed by atoms with E-state index in [0.29, 0.717) is 39.6 Å². The Morgan fingerprint density at radius 1 is 1.12 bits per heavy atom. The first-order chi connectivity index (χ1) is 12.5. The molecule has 0 aliphatic carbocycles. The number of ether oxygens (including phenoxy) is 5. The van der Waals surface area contributed by atoms with Gasteiger partial charge in [-0.2, -0.15) is 0 Å². The molecule has 1 fully saturated rings. The lowest BCUT2D eigenvalue weighted by atomic mass is 9.82. The predicted molar refractivity (Wildman–Crippen MR) is 94.4 cm³/mol. The Kier molecular flexibility index (Phi) is 11.2. The van der Waals surface area contributed by atoms with Gasteiger partial charge in [-0.15, -0.1) is 0 Å². The molecule has 9 heteroatoms. The molecule has 5 unspecified atom stereocenters. The molecule has 0 aromatic heterocycles. The maximum Gasteiger partial charge on any atom is 0.303 e. The second kappa shape index (κ2) is 12.9. The van der Waals surface area contributed by atoms with Gasteiger partial charge in [0, 0.05) is 24.3 Å². The van der Waals surface area contributed by atoms with Crippen molar-refractivity contribution in [2.75, 3.05) is 39.6 Å². The van der Waals surface area contributed by atoms with Gasteiger partial charge in [-0.05, 0) is 17.9 Å². The Hall–Kier alpha value is -1.38. The number of carbonyl (C=O) groups is 1. The van der Waals surface area contributed by atoms with E-state index >= 15 is 0 Å². The first-order valence-electron chi connectivity index (χ1n) is 9.11. The smallest absolute Gasteiger partial charge is 0.303 e. The third-order valence-electron chi connectivity index (χ3n) is 4.50. The molecule has 150 valence electrons. The van der Waals surface area contributed by atoms with Crippen LogP contribution in [0, 0.1) is 11.8 Å². The summed E-state index contributed by atoms with van der Waals surface area (Å²) in [5, 5.41) is 3.37. The molecule has 1 heterocycles. The fourth-order valence-corrected chi connectivity index (χ4v) is 2.91. The average molecular weight is 373 g/mol. The average Bonchev–Trinajstić information content (AvgIpc) is 2.62. The lowest BCUT2D eigenvalue weighted by molar-refractivity contribution is -0.277. The molecule has 0 spiro atoms. The van der Waals surface area contributed by atoms with E-state index in [9.17, 15) is 4.79 Å². The predicted octanol–water partition coefficient (Wildman–Crippen LogP) is 2.69. The third kappa shape index (κ3) is 7.88. The van der Waals surface area contributed by atoms with Gasteiger partial charge in [-0.25, -0.2) is 0 Å². The topological polar surface area (TPSA) is 112 Å². The van der Waals surface area contributed by atoms with Crippen molar-refractivity contribution in [1.82, 2.24) is 0 Å². The molecule has 5 atom stereocenters. The number of carbonyl (C=O) groups excluding carboxylic acids is 1. The van der Waals surface area contributed by atoms with Crippen LogP contribution in [0.1, 0.15) is 34.1 Å². The van der Waals surface area contributed by atoms with Crippen molar-refractivity contribution in [3.05, 3.63) is 10.4 Å². The highest BCUT2D eigenvalue weighted by Crippen LogP contribution is 2.34. The molecule has 0 bridgehead atoms. The van der Waals surface area contributed by atoms with Crippen molar-refractivity contribution >= 4 is 5.97 Å². The molecule has 0 saturated carbocycles. The summed E-state index contributed by atoms with van der Waals surface area (Å²) in [5.74, 6) is 0.0892. The summed E-state index contributed by atoms with van der Waals surface area (Å²) in [7, 11) is 0. The monoisotopic (exact) mass is 373 g/mol. The number of rotatable bonds is 12. The summed E-state index contributed by atoms with van der Waals surface area (Å²) >= 11 is 0. The number of hydrogen-bond acceptors (Lipinski definition) is 7. The Labute approximate surface area is 154 Å². The van der Waals surface area contributed by atoms with Gasteiger partial charge in [0.15, 0.2) is 12.4 Å². The van der Waals surface area contributed by atoms with Gasteiger partial charge in [0.25, 0.3) is 0 Å². The number of hydrogen-bond donors (Lipinski definition) is 0. The van der Waals surface area contributed by atoms with Crippen molar-refractivity contribution in [2.24, 2.45) is 17.0 Å². The van der Waals surface area contributed by atoms with E-state index in [2.05, 4.69) is 30.8 Å². The van der Waals surface area contributed by atoms with E-state index < -0.39 is 12.4 Å². The van der Waals surface area contributed by atoms with Crippen LogP contribution >= 0.6 is 0 Å². The second-order valence-electron chi connectivity index (χ2n) is 6.29. The Bertz CT molecular complexity index is 458. The summed E-state index contributed by atoms with van der Waals surface area (Å²) in [5.41, 5.74) is 8.13. The number of esters is 1. The van der Waals surface area contributed by atoms with Crippen LogP contribution in [0.3, 0.4) is 0 Å². The third-order valence-corrected chi connectivity index (χ3v) is 4.50. The van der Waals surface area contributed by atoms with Crippen molar-refractivity contribution in [3.63, 3.8) is 0 Å². The van der Waals surface area contributed by atoms with Gasteiger partial charge in [0.05, 0.1) is 39.1 Å². The van der Waals surface area contributed by atoms with Crippen molar-refractivity contribution < 1.29 is 28.5 Å². The normalized spacial score (nSPS) is 28.4.